The number of pyridine rings is 1. The number of rotatable bonds is 8. The fraction of sp³-hybridized carbons (Fsp3) is 0.385. The van der Waals surface area contributed by atoms with Gasteiger partial charge in [-0.05, 0) is 77.4 Å². The van der Waals surface area contributed by atoms with Crippen molar-refractivity contribution < 1.29 is 4.74 Å². The number of hydrogen-bond acceptors (Lipinski definition) is 6. The fourth-order valence-corrected chi connectivity index (χ4v) is 4.55. The molecule has 1 atom stereocenters. The molecule has 2 aromatic carbocycles. The lowest BCUT2D eigenvalue weighted by Gasteiger charge is -2.22. The Labute approximate surface area is 198 Å². The summed E-state index contributed by atoms with van der Waals surface area (Å²) in [6.45, 7) is 7.29. The van der Waals surface area contributed by atoms with Crippen LogP contribution in [-0.2, 0) is 30.9 Å². The Balaban J connectivity index is 1.43. The van der Waals surface area contributed by atoms with Crippen LogP contribution in [0.15, 0.2) is 53.3 Å². The molecule has 0 amide bonds. The van der Waals surface area contributed by atoms with Gasteiger partial charge in [-0.2, -0.15) is 0 Å². The second kappa shape index (κ2) is 9.87. The van der Waals surface area contributed by atoms with Crippen molar-refractivity contribution in [2.24, 2.45) is 0 Å². The Kier molecular flexibility index (Phi) is 6.51. The van der Waals surface area contributed by atoms with Crippen molar-refractivity contribution in [3.05, 3.63) is 87.0 Å². The monoisotopic (exact) mass is 458 g/mol. The Bertz CT molecular complexity index is 1320. The number of aromatic nitrogens is 5. The van der Waals surface area contributed by atoms with Crippen LogP contribution in [0.4, 0.5) is 0 Å². The maximum atomic E-state index is 13.0. The number of benzene rings is 2. The number of tetrazole rings is 1. The molecule has 8 nitrogen and oxygen atoms in total. The molecule has 0 spiro atoms. The van der Waals surface area contributed by atoms with Gasteiger partial charge in [-0.1, -0.05) is 30.3 Å². The average molecular weight is 459 g/mol. The van der Waals surface area contributed by atoms with Crippen LogP contribution >= 0.6 is 0 Å². The molecule has 176 valence electrons. The molecule has 5 rings (SSSR count). The topological polar surface area (TPSA) is 88.9 Å². The molecule has 0 bridgehead atoms. The first-order valence-corrected chi connectivity index (χ1v) is 11.8. The maximum Gasteiger partial charge on any atom is 0.252 e. The van der Waals surface area contributed by atoms with Gasteiger partial charge in [0, 0.05) is 30.8 Å². The molecule has 1 N–H and O–H groups in total. The minimum Gasteiger partial charge on any atom is -0.376 e. The van der Waals surface area contributed by atoms with E-state index in [4.69, 9.17) is 4.74 Å². The summed E-state index contributed by atoms with van der Waals surface area (Å²) in [5.74, 6) is 0.773. The third-order valence-electron chi connectivity index (χ3n) is 6.55. The van der Waals surface area contributed by atoms with Crippen molar-refractivity contribution in [3.8, 4) is 0 Å². The summed E-state index contributed by atoms with van der Waals surface area (Å²) in [6.07, 6.45) is 2.25. The summed E-state index contributed by atoms with van der Waals surface area (Å²) < 4.78 is 7.61. The molecular weight excluding hydrogens is 428 g/mol. The largest absolute Gasteiger partial charge is 0.376 e. The molecular formula is C26H30N6O2. The van der Waals surface area contributed by atoms with Gasteiger partial charge >= 0.3 is 0 Å². The fourth-order valence-electron chi connectivity index (χ4n) is 4.55. The molecule has 0 unspecified atom stereocenters. The predicted molar refractivity (Wildman–Crippen MR) is 130 cm³/mol. The van der Waals surface area contributed by atoms with Crippen LogP contribution < -0.4 is 5.56 Å². The van der Waals surface area contributed by atoms with Crippen LogP contribution in [0.3, 0.4) is 0 Å². The van der Waals surface area contributed by atoms with Crippen molar-refractivity contribution in [1.82, 2.24) is 30.1 Å². The first-order chi connectivity index (χ1) is 16.5. The number of ether oxygens (including phenoxy) is 1. The van der Waals surface area contributed by atoms with E-state index < -0.39 is 0 Å². The van der Waals surface area contributed by atoms with Crippen molar-refractivity contribution in [1.29, 1.82) is 0 Å². The molecule has 3 heterocycles. The maximum absolute atomic E-state index is 13.0. The lowest BCUT2D eigenvalue weighted by molar-refractivity contribution is 0.0914. The molecule has 0 radical (unpaired) electrons. The van der Waals surface area contributed by atoms with E-state index in [0.29, 0.717) is 26.2 Å². The summed E-state index contributed by atoms with van der Waals surface area (Å²) in [5, 5.41) is 13.5. The first kappa shape index (κ1) is 22.4. The van der Waals surface area contributed by atoms with Crippen LogP contribution in [0.5, 0.6) is 0 Å². The lowest BCUT2D eigenvalue weighted by Crippen LogP contribution is -2.29. The van der Waals surface area contributed by atoms with Crippen LogP contribution in [0.25, 0.3) is 10.9 Å². The molecule has 1 aliphatic heterocycles. The number of aromatic amines is 1. The molecule has 4 aromatic rings. The Morgan fingerprint density at radius 1 is 1.09 bits per heavy atom. The van der Waals surface area contributed by atoms with Gasteiger partial charge in [0.2, 0.25) is 0 Å². The smallest absolute Gasteiger partial charge is 0.252 e. The molecule has 1 fully saturated rings. The number of H-pyrrole nitrogens is 1. The summed E-state index contributed by atoms with van der Waals surface area (Å²) in [7, 11) is 0. The average Bonchev–Trinajstić information content (AvgIpc) is 3.49. The molecule has 1 saturated heterocycles. The minimum absolute atomic E-state index is 0.0623. The van der Waals surface area contributed by atoms with Crippen LogP contribution in [0.1, 0.15) is 40.9 Å². The van der Waals surface area contributed by atoms with Crippen LogP contribution in [0, 0.1) is 13.8 Å². The van der Waals surface area contributed by atoms with E-state index in [9.17, 15) is 4.79 Å². The van der Waals surface area contributed by atoms with Gasteiger partial charge in [0.15, 0.2) is 5.82 Å². The summed E-state index contributed by atoms with van der Waals surface area (Å²) in [4.78, 5) is 18.3. The minimum atomic E-state index is -0.0623. The third kappa shape index (κ3) is 5.08. The SMILES string of the molecule is Cc1cc2cc(CN(Cc3ccccc3)Cc3nnnn3C[C@H]3CCCO3)c(=O)[nH]c2cc1C. The highest BCUT2D eigenvalue weighted by Gasteiger charge is 2.21. The Hall–Kier alpha value is -3.36. The second-order valence-corrected chi connectivity index (χ2v) is 9.19. The van der Waals surface area contributed by atoms with Gasteiger partial charge in [-0.25, -0.2) is 4.68 Å². The van der Waals surface area contributed by atoms with Gasteiger partial charge in [0.25, 0.3) is 5.56 Å². The quantitative estimate of drug-likeness (QED) is 0.435. The predicted octanol–water partition coefficient (Wildman–Crippen LogP) is 3.51. The Morgan fingerprint density at radius 2 is 1.91 bits per heavy atom. The van der Waals surface area contributed by atoms with Crippen LogP contribution in [-0.4, -0.2) is 42.8 Å². The summed E-state index contributed by atoms with van der Waals surface area (Å²) >= 11 is 0. The number of hydrogen-bond donors (Lipinski definition) is 1. The number of nitrogens with one attached hydrogen (secondary N) is 1. The van der Waals surface area contributed by atoms with Gasteiger partial charge in [-0.15, -0.1) is 5.10 Å². The third-order valence-corrected chi connectivity index (χ3v) is 6.55. The molecule has 2 aromatic heterocycles. The van der Waals surface area contributed by atoms with Crippen molar-refractivity contribution in [3.63, 3.8) is 0 Å². The van der Waals surface area contributed by atoms with E-state index in [-0.39, 0.29) is 11.7 Å². The zero-order chi connectivity index (χ0) is 23.5. The van der Waals surface area contributed by atoms with E-state index in [1.807, 2.05) is 35.0 Å². The molecule has 0 aliphatic carbocycles. The highest BCUT2D eigenvalue weighted by atomic mass is 16.5. The van der Waals surface area contributed by atoms with Gasteiger partial charge in [0.05, 0.1) is 19.2 Å². The zero-order valence-electron chi connectivity index (χ0n) is 19.7. The Morgan fingerprint density at radius 3 is 2.71 bits per heavy atom. The van der Waals surface area contributed by atoms with Crippen LogP contribution in [0.2, 0.25) is 0 Å². The highest BCUT2D eigenvalue weighted by Crippen LogP contribution is 2.19. The van der Waals surface area contributed by atoms with E-state index in [1.54, 1.807) is 0 Å². The number of fused-ring (bicyclic) bond motifs is 1. The molecule has 34 heavy (non-hydrogen) atoms. The standard InChI is InChI=1S/C26H30N6O2/c1-18-11-21-13-22(26(33)27-24(21)12-19(18)2)15-31(14-20-7-4-3-5-8-20)17-25-28-29-30-32(25)16-23-9-6-10-34-23/h3-5,7-8,11-13,23H,6,9-10,14-17H2,1-2H3,(H,27,33)/t23-/m1/s1. The molecule has 1 aliphatic rings. The summed E-state index contributed by atoms with van der Waals surface area (Å²) in [5.41, 5.74) is 5.08. The normalized spacial score (nSPS) is 16.0. The van der Waals surface area contributed by atoms with E-state index in [1.165, 1.54) is 16.7 Å². The number of nitrogens with zero attached hydrogens (tertiary/aromatic N) is 5. The van der Waals surface area contributed by atoms with Crippen molar-refractivity contribution >= 4 is 10.9 Å². The zero-order valence-corrected chi connectivity index (χ0v) is 19.7. The van der Waals surface area contributed by atoms with Gasteiger partial charge in [0.1, 0.15) is 0 Å². The van der Waals surface area contributed by atoms with Crippen molar-refractivity contribution in [2.45, 2.75) is 59.0 Å². The second-order valence-electron chi connectivity index (χ2n) is 9.19. The van der Waals surface area contributed by atoms with Gasteiger partial charge in [-0.3, -0.25) is 9.69 Å². The number of aryl methyl sites for hydroxylation is 2. The molecule has 8 heteroatoms. The van der Waals surface area contributed by atoms with Gasteiger partial charge < -0.3 is 9.72 Å². The van der Waals surface area contributed by atoms with E-state index >= 15 is 0 Å². The highest BCUT2D eigenvalue weighted by molar-refractivity contribution is 5.80. The van der Waals surface area contributed by atoms with E-state index in [0.717, 1.165) is 41.7 Å². The lowest BCUT2D eigenvalue weighted by atomic mass is 10.0. The van der Waals surface area contributed by atoms with E-state index in [2.05, 4.69) is 57.5 Å². The first-order valence-electron chi connectivity index (χ1n) is 11.8. The molecule has 0 saturated carbocycles. The summed E-state index contributed by atoms with van der Waals surface area (Å²) in [6, 6.07) is 16.4. The van der Waals surface area contributed by atoms with Crippen molar-refractivity contribution in [2.75, 3.05) is 6.61 Å².